The number of benzene rings is 1. The van der Waals surface area contributed by atoms with Gasteiger partial charge >= 0.3 is 0 Å². The summed E-state index contributed by atoms with van der Waals surface area (Å²) in [6.07, 6.45) is 1.62. The van der Waals surface area contributed by atoms with E-state index in [4.69, 9.17) is 0 Å². The zero-order valence-corrected chi connectivity index (χ0v) is 12.8. The van der Waals surface area contributed by atoms with Gasteiger partial charge in [-0.15, -0.1) is 0 Å². The average molecular weight is 299 g/mol. The Kier molecular flexibility index (Phi) is 4.81. The molecule has 5 heteroatoms. The molecule has 0 amide bonds. The van der Waals surface area contributed by atoms with Crippen LogP contribution in [0.2, 0.25) is 0 Å². The van der Waals surface area contributed by atoms with Crippen LogP contribution in [0.3, 0.4) is 0 Å². The fraction of sp³-hybridized carbons (Fsp3) is 0.600. The van der Waals surface area contributed by atoms with Crippen LogP contribution in [0.15, 0.2) is 18.2 Å². The molecule has 0 aliphatic carbocycles. The molecule has 0 radical (unpaired) electrons. The quantitative estimate of drug-likeness (QED) is 0.909. The summed E-state index contributed by atoms with van der Waals surface area (Å²) in [5, 5.41) is 3.40. The van der Waals surface area contributed by atoms with Crippen LogP contribution >= 0.6 is 0 Å². The second kappa shape index (κ2) is 6.22. The number of nitrogens with one attached hydrogen (secondary N) is 1. The van der Waals surface area contributed by atoms with Gasteiger partial charge in [0.2, 0.25) is 0 Å². The zero-order chi connectivity index (χ0) is 14.8. The highest BCUT2D eigenvalue weighted by atomic mass is 32.2. The Morgan fingerprint density at radius 3 is 2.80 bits per heavy atom. The third-order valence-electron chi connectivity index (χ3n) is 3.93. The van der Waals surface area contributed by atoms with Crippen molar-refractivity contribution in [1.29, 1.82) is 0 Å². The zero-order valence-electron chi connectivity index (χ0n) is 12.0. The summed E-state index contributed by atoms with van der Waals surface area (Å²) in [6.45, 7) is 4.81. The minimum absolute atomic E-state index is 0.0343. The summed E-state index contributed by atoms with van der Waals surface area (Å²) < 4.78 is 36.9. The lowest BCUT2D eigenvalue weighted by Gasteiger charge is -2.26. The predicted molar refractivity (Wildman–Crippen MR) is 78.9 cm³/mol. The van der Waals surface area contributed by atoms with Crippen LogP contribution in [0.5, 0.6) is 0 Å². The molecule has 1 aliphatic heterocycles. The number of sulfone groups is 1. The van der Waals surface area contributed by atoms with E-state index in [1.807, 2.05) is 6.92 Å². The molecular formula is C15H22FNO2S. The fourth-order valence-electron chi connectivity index (χ4n) is 2.86. The molecule has 1 fully saturated rings. The molecule has 0 spiro atoms. The molecule has 1 aliphatic rings. The number of hydrogen-bond acceptors (Lipinski definition) is 3. The molecular weight excluding hydrogens is 277 g/mol. The average Bonchev–Trinajstić information content (AvgIpc) is 2.74. The normalized spacial score (nSPS) is 22.9. The molecule has 0 aromatic heterocycles. The molecule has 20 heavy (non-hydrogen) atoms. The Balaban J connectivity index is 2.30. The van der Waals surface area contributed by atoms with Crippen molar-refractivity contribution in [3.05, 3.63) is 35.1 Å². The predicted octanol–water partition coefficient (Wildman–Crippen LogP) is 2.61. The van der Waals surface area contributed by atoms with E-state index < -0.39 is 9.84 Å². The van der Waals surface area contributed by atoms with Crippen LogP contribution in [-0.4, -0.2) is 26.5 Å². The molecule has 1 heterocycles. The van der Waals surface area contributed by atoms with Crippen molar-refractivity contribution in [1.82, 2.24) is 5.32 Å². The molecule has 2 rings (SSSR count). The van der Waals surface area contributed by atoms with Crippen molar-refractivity contribution in [3.8, 4) is 0 Å². The standard InChI is InChI=1S/C15H22FNO2S/c1-3-7-17-15(12-6-8-20(18,19)10-12)14-9-13(16)5-4-11(14)2/h4-5,9,12,15,17H,3,6-8,10H2,1-2H3. The fourth-order valence-corrected chi connectivity index (χ4v) is 4.70. The summed E-state index contributed by atoms with van der Waals surface area (Å²) in [5.41, 5.74) is 1.89. The number of halogens is 1. The minimum atomic E-state index is -2.93. The van der Waals surface area contributed by atoms with Crippen LogP contribution in [0.4, 0.5) is 4.39 Å². The molecule has 2 unspecified atom stereocenters. The van der Waals surface area contributed by atoms with Crippen molar-refractivity contribution in [3.63, 3.8) is 0 Å². The van der Waals surface area contributed by atoms with Crippen molar-refractivity contribution in [2.75, 3.05) is 18.1 Å². The number of aryl methyl sites for hydroxylation is 1. The highest BCUT2D eigenvalue weighted by molar-refractivity contribution is 7.91. The smallest absolute Gasteiger partial charge is 0.150 e. The van der Waals surface area contributed by atoms with Gasteiger partial charge in [-0.25, -0.2) is 12.8 Å². The topological polar surface area (TPSA) is 46.2 Å². The molecule has 1 N–H and O–H groups in total. The van der Waals surface area contributed by atoms with Crippen molar-refractivity contribution >= 4 is 9.84 Å². The van der Waals surface area contributed by atoms with Gasteiger partial charge in [0.1, 0.15) is 5.82 Å². The number of rotatable bonds is 5. The molecule has 2 atom stereocenters. The van der Waals surface area contributed by atoms with E-state index in [0.29, 0.717) is 6.42 Å². The van der Waals surface area contributed by atoms with E-state index in [1.54, 1.807) is 6.07 Å². The molecule has 1 aromatic carbocycles. The van der Waals surface area contributed by atoms with E-state index in [-0.39, 0.29) is 29.3 Å². The molecule has 0 bridgehead atoms. The van der Waals surface area contributed by atoms with Crippen LogP contribution in [0.1, 0.15) is 36.9 Å². The van der Waals surface area contributed by atoms with Gasteiger partial charge in [0.15, 0.2) is 9.84 Å². The summed E-state index contributed by atoms with van der Waals surface area (Å²) in [5.74, 6) is 0.211. The van der Waals surface area contributed by atoms with Gasteiger partial charge in [-0.05, 0) is 55.5 Å². The maximum atomic E-state index is 13.5. The maximum Gasteiger partial charge on any atom is 0.150 e. The van der Waals surface area contributed by atoms with Crippen LogP contribution in [-0.2, 0) is 9.84 Å². The van der Waals surface area contributed by atoms with Gasteiger partial charge < -0.3 is 5.32 Å². The van der Waals surface area contributed by atoms with Crippen molar-refractivity contribution in [2.45, 2.75) is 32.7 Å². The second-order valence-electron chi connectivity index (χ2n) is 5.60. The lowest BCUT2D eigenvalue weighted by atomic mass is 9.89. The maximum absolute atomic E-state index is 13.5. The van der Waals surface area contributed by atoms with Crippen LogP contribution < -0.4 is 5.32 Å². The van der Waals surface area contributed by atoms with Crippen LogP contribution in [0, 0.1) is 18.7 Å². The highest BCUT2D eigenvalue weighted by Gasteiger charge is 2.34. The van der Waals surface area contributed by atoms with E-state index in [9.17, 15) is 12.8 Å². The Bertz CT molecular complexity index is 571. The Morgan fingerprint density at radius 1 is 1.45 bits per heavy atom. The highest BCUT2D eigenvalue weighted by Crippen LogP contribution is 2.33. The van der Waals surface area contributed by atoms with E-state index in [2.05, 4.69) is 12.2 Å². The first kappa shape index (κ1) is 15.4. The monoisotopic (exact) mass is 299 g/mol. The van der Waals surface area contributed by atoms with Crippen LogP contribution in [0.25, 0.3) is 0 Å². The second-order valence-corrected chi connectivity index (χ2v) is 7.82. The van der Waals surface area contributed by atoms with Gasteiger partial charge in [0.25, 0.3) is 0 Å². The summed E-state index contributed by atoms with van der Waals surface area (Å²) in [4.78, 5) is 0. The Hall–Kier alpha value is -0.940. The van der Waals surface area contributed by atoms with Crippen molar-refractivity contribution < 1.29 is 12.8 Å². The largest absolute Gasteiger partial charge is 0.310 e. The molecule has 112 valence electrons. The van der Waals surface area contributed by atoms with E-state index in [1.165, 1.54) is 12.1 Å². The number of hydrogen-bond donors (Lipinski definition) is 1. The summed E-state index contributed by atoms with van der Waals surface area (Å²) >= 11 is 0. The van der Waals surface area contributed by atoms with E-state index >= 15 is 0 Å². The third kappa shape index (κ3) is 3.58. The summed E-state index contributed by atoms with van der Waals surface area (Å²) in [6, 6.07) is 4.66. The third-order valence-corrected chi connectivity index (χ3v) is 5.72. The minimum Gasteiger partial charge on any atom is -0.310 e. The first-order valence-corrected chi connectivity index (χ1v) is 8.95. The summed E-state index contributed by atoms with van der Waals surface area (Å²) in [7, 11) is -2.93. The van der Waals surface area contributed by atoms with Gasteiger partial charge in [-0.1, -0.05) is 13.0 Å². The first-order valence-electron chi connectivity index (χ1n) is 7.13. The first-order chi connectivity index (χ1) is 9.43. The van der Waals surface area contributed by atoms with Gasteiger partial charge in [0.05, 0.1) is 11.5 Å². The van der Waals surface area contributed by atoms with Gasteiger partial charge in [-0.2, -0.15) is 0 Å². The van der Waals surface area contributed by atoms with Gasteiger partial charge in [0, 0.05) is 6.04 Å². The molecule has 3 nitrogen and oxygen atoms in total. The lowest BCUT2D eigenvalue weighted by Crippen LogP contribution is -2.30. The van der Waals surface area contributed by atoms with Gasteiger partial charge in [-0.3, -0.25) is 0 Å². The molecule has 1 aromatic rings. The Labute approximate surface area is 120 Å². The Morgan fingerprint density at radius 2 is 2.20 bits per heavy atom. The SMILES string of the molecule is CCCNC(c1cc(F)ccc1C)C1CCS(=O)(=O)C1. The lowest BCUT2D eigenvalue weighted by molar-refractivity contribution is 0.390. The molecule has 1 saturated heterocycles. The van der Waals surface area contributed by atoms with E-state index in [0.717, 1.165) is 24.1 Å². The van der Waals surface area contributed by atoms with Crippen molar-refractivity contribution in [2.24, 2.45) is 5.92 Å². The molecule has 0 saturated carbocycles.